The third-order valence-electron chi connectivity index (χ3n) is 4.12. The van der Waals surface area contributed by atoms with E-state index in [2.05, 4.69) is 14.8 Å². The summed E-state index contributed by atoms with van der Waals surface area (Å²) in [5.74, 6) is 0.417. The Bertz CT molecular complexity index is 1160. The molecule has 3 aromatic rings. The first-order valence-electron chi connectivity index (χ1n) is 8.55. The average molecular weight is 400 g/mol. The van der Waals surface area contributed by atoms with Gasteiger partial charge in [-0.1, -0.05) is 12.1 Å². The third-order valence-corrected chi connectivity index (χ3v) is 5.42. The molecule has 1 aromatic carbocycles. The van der Waals surface area contributed by atoms with Gasteiger partial charge in [-0.05, 0) is 37.6 Å². The minimum absolute atomic E-state index is 0.0241. The summed E-state index contributed by atoms with van der Waals surface area (Å²) in [5.41, 5.74) is 2.56. The molecule has 0 radical (unpaired) electrons. The fourth-order valence-corrected chi connectivity index (χ4v) is 3.27. The van der Waals surface area contributed by atoms with E-state index in [0.29, 0.717) is 34.1 Å². The number of pyridine rings is 1. The highest BCUT2D eigenvalue weighted by molar-refractivity contribution is 7.92. The first kappa shape index (κ1) is 19.6. The van der Waals surface area contributed by atoms with Crippen LogP contribution in [0, 0.1) is 6.92 Å². The van der Waals surface area contributed by atoms with Crippen LogP contribution in [0.4, 0.5) is 5.69 Å². The summed E-state index contributed by atoms with van der Waals surface area (Å²) in [6.45, 7) is 3.35. The molecule has 0 saturated heterocycles. The molecule has 0 bridgehead atoms. The Morgan fingerprint density at radius 3 is 2.61 bits per heavy atom. The molecule has 0 aliphatic heterocycles. The van der Waals surface area contributed by atoms with E-state index in [1.807, 2.05) is 0 Å². The highest BCUT2D eigenvalue weighted by atomic mass is 32.2. The maximum Gasteiger partial charge on any atom is 0.272 e. The Labute approximate surface area is 162 Å². The molecule has 2 heterocycles. The third kappa shape index (κ3) is 4.20. The molecule has 0 atom stereocenters. The van der Waals surface area contributed by atoms with E-state index in [9.17, 15) is 13.2 Å². The largest absolute Gasteiger partial charge is 0.481 e. The number of sulfonamides is 1. The van der Waals surface area contributed by atoms with E-state index in [1.165, 1.54) is 24.1 Å². The van der Waals surface area contributed by atoms with Crippen molar-refractivity contribution in [3.8, 4) is 22.7 Å². The molecule has 0 unspecified atom stereocenters. The van der Waals surface area contributed by atoms with Crippen LogP contribution in [0.1, 0.15) is 12.6 Å². The molecule has 8 nitrogen and oxygen atoms in total. The zero-order chi connectivity index (χ0) is 20.3. The standard InChI is InChI=1S/C19H20N4O4S/c1-4-28(25,26)22-15-7-5-6-14(10-15)17-11-19(24)23(21-13(17)2)16-8-9-18(27-3)20-12-16/h5-12,22H,4H2,1-3H3. The summed E-state index contributed by atoms with van der Waals surface area (Å²) >= 11 is 0. The van der Waals surface area contributed by atoms with Crippen LogP contribution < -0.4 is 15.0 Å². The van der Waals surface area contributed by atoms with Crippen molar-refractivity contribution in [1.29, 1.82) is 0 Å². The molecule has 0 spiro atoms. The van der Waals surface area contributed by atoms with Crippen LogP contribution in [0.3, 0.4) is 0 Å². The fourth-order valence-electron chi connectivity index (χ4n) is 2.64. The van der Waals surface area contributed by atoms with Gasteiger partial charge in [-0.2, -0.15) is 9.78 Å². The number of ether oxygens (including phenoxy) is 1. The van der Waals surface area contributed by atoms with Gasteiger partial charge in [-0.3, -0.25) is 9.52 Å². The predicted molar refractivity (Wildman–Crippen MR) is 107 cm³/mol. The van der Waals surface area contributed by atoms with Gasteiger partial charge in [0.25, 0.3) is 5.56 Å². The highest BCUT2D eigenvalue weighted by Gasteiger charge is 2.12. The maximum atomic E-state index is 12.6. The Kier molecular flexibility index (Phi) is 5.46. The molecule has 0 saturated carbocycles. The van der Waals surface area contributed by atoms with E-state index in [-0.39, 0.29) is 11.3 Å². The number of anilines is 1. The fraction of sp³-hybridized carbons (Fsp3) is 0.211. The van der Waals surface area contributed by atoms with Gasteiger partial charge in [-0.25, -0.2) is 13.4 Å². The molecule has 146 valence electrons. The maximum absolute atomic E-state index is 12.6. The summed E-state index contributed by atoms with van der Waals surface area (Å²) in [7, 11) is -1.87. The minimum Gasteiger partial charge on any atom is -0.481 e. The van der Waals surface area contributed by atoms with Gasteiger partial charge in [-0.15, -0.1) is 0 Å². The zero-order valence-electron chi connectivity index (χ0n) is 15.7. The number of benzene rings is 1. The normalized spacial score (nSPS) is 11.2. The number of hydrogen-bond acceptors (Lipinski definition) is 6. The molecule has 0 amide bonds. The summed E-state index contributed by atoms with van der Waals surface area (Å²) in [4.78, 5) is 16.7. The number of nitrogens with zero attached hydrogens (tertiary/aromatic N) is 3. The van der Waals surface area contributed by atoms with Crippen molar-refractivity contribution in [3.05, 3.63) is 64.7 Å². The zero-order valence-corrected chi connectivity index (χ0v) is 16.5. The van der Waals surface area contributed by atoms with Crippen molar-refractivity contribution in [2.24, 2.45) is 0 Å². The quantitative estimate of drug-likeness (QED) is 0.681. The van der Waals surface area contributed by atoms with E-state index >= 15 is 0 Å². The van der Waals surface area contributed by atoms with Crippen molar-refractivity contribution < 1.29 is 13.2 Å². The second-order valence-electron chi connectivity index (χ2n) is 6.04. The van der Waals surface area contributed by atoms with Crippen LogP contribution in [0.5, 0.6) is 5.88 Å². The first-order chi connectivity index (χ1) is 13.3. The number of aromatic nitrogens is 3. The van der Waals surface area contributed by atoms with Gasteiger partial charge in [0.1, 0.15) is 0 Å². The summed E-state index contributed by atoms with van der Waals surface area (Å²) in [6, 6.07) is 11.7. The van der Waals surface area contributed by atoms with E-state index < -0.39 is 10.0 Å². The summed E-state index contributed by atoms with van der Waals surface area (Å²) in [6.07, 6.45) is 1.51. The Morgan fingerprint density at radius 1 is 1.18 bits per heavy atom. The molecular weight excluding hydrogens is 380 g/mol. The molecule has 0 aliphatic rings. The van der Waals surface area contributed by atoms with Gasteiger partial charge < -0.3 is 4.74 Å². The Morgan fingerprint density at radius 2 is 1.96 bits per heavy atom. The topological polar surface area (TPSA) is 103 Å². The smallest absolute Gasteiger partial charge is 0.272 e. The van der Waals surface area contributed by atoms with Crippen LogP contribution in [0.25, 0.3) is 16.8 Å². The second-order valence-corrected chi connectivity index (χ2v) is 8.05. The van der Waals surface area contributed by atoms with Gasteiger partial charge in [0, 0.05) is 23.4 Å². The van der Waals surface area contributed by atoms with Crippen LogP contribution >= 0.6 is 0 Å². The monoisotopic (exact) mass is 400 g/mol. The molecule has 2 aromatic heterocycles. The lowest BCUT2D eigenvalue weighted by Crippen LogP contribution is -2.22. The lowest BCUT2D eigenvalue weighted by Gasteiger charge is -2.11. The molecule has 1 N–H and O–H groups in total. The Balaban J connectivity index is 2.00. The summed E-state index contributed by atoms with van der Waals surface area (Å²) < 4.78 is 32.4. The highest BCUT2D eigenvalue weighted by Crippen LogP contribution is 2.24. The number of rotatable bonds is 6. The van der Waals surface area contributed by atoms with Gasteiger partial charge in [0.15, 0.2) is 0 Å². The van der Waals surface area contributed by atoms with E-state index in [0.717, 1.165) is 0 Å². The lowest BCUT2D eigenvalue weighted by molar-refractivity contribution is 0.397. The van der Waals surface area contributed by atoms with Crippen molar-refractivity contribution in [2.45, 2.75) is 13.8 Å². The van der Waals surface area contributed by atoms with Crippen molar-refractivity contribution in [2.75, 3.05) is 17.6 Å². The molecule has 28 heavy (non-hydrogen) atoms. The van der Waals surface area contributed by atoms with Gasteiger partial charge in [0.2, 0.25) is 15.9 Å². The number of hydrogen-bond donors (Lipinski definition) is 1. The molecule has 0 fully saturated rings. The van der Waals surface area contributed by atoms with Crippen molar-refractivity contribution in [1.82, 2.24) is 14.8 Å². The number of methoxy groups -OCH3 is 1. The SMILES string of the molecule is CCS(=O)(=O)Nc1cccc(-c2cc(=O)n(-c3ccc(OC)nc3)nc2C)c1. The minimum atomic E-state index is -3.39. The van der Waals surface area contributed by atoms with Gasteiger partial charge in [0.05, 0.1) is 30.4 Å². The lowest BCUT2D eigenvalue weighted by atomic mass is 10.0. The summed E-state index contributed by atoms with van der Waals surface area (Å²) in [5, 5.41) is 4.38. The molecular formula is C19H20N4O4S. The second kappa shape index (κ2) is 7.81. The number of aryl methyl sites for hydroxylation is 1. The average Bonchev–Trinajstić information content (AvgIpc) is 2.69. The number of nitrogens with one attached hydrogen (secondary N) is 1. The Hall–Kier alpha value is -3.20. The van der Waals surface area contributed by atoms with E-state index in [1.54, 1.807) is 50.2 Å². The van der Waals surface area contributed by atoms with Crippen LogP contribution in [-0.4, -0.2) is 36.0 Å². The van der Waals surface area contributed by atoms with Crippen LogP contribution in [0.2, 0.25) is 0 Å². The van der Waals surface area contributed by atoms with Crippen molar-refractivity contribution in [3.63, 3.8) is 0 Å². The van der Waals surface area contributed by atoms with Crippen molar-refractivity contribution >= 4 is 15.7 Å². The van der Waals surface area contributed by atoms with Gasteiger partial charge >= 0.3 is 0 Å². The van der Waals surface area contributed by atoms with E-state index in [4.69, 9.17) is 4.74 Å². The first-order valence-corrected chi connectivity index (χ1v) is 10.2. The molecule has 3 rings (SSSR count). The molecule has 9 heteroatoms. The predicted octanol–water partition coefficient (Wildman–Crippen LogP) is 2.37. The molecule has 0 aliphatic carbocycles. The van der Waals surface area contributed by atoms with Crippen LogP contribution in [0.15, 0.2) is 53.5 Å². The van der Waals surface area contributed by atoms with Crippen LogP contribution in [-0.2, 0) is 10.0 Å².